The Labute approximate surface area is 124 Å². The van der Waals surface area contributed by atoms with Crippen LogP contribution in [0.25, 0.3) is 0 Å². The van der Waals surface area contributed by atoms with Gasteiger partial charge in [-0.3, -0.25) is 0 Å². The van der Waals surface area contributed by atoms with E-state index < -0.39 is 5.82 Å². The number of halogens is 1. The van der Waals surface area contributed by atoms with Crippen LogP contribution >= 0.6 is 0 Å². The number of hydrogen-bond acceptors (Lipinski definition) is 3. The highest BCUT2D eigenvalue weighted by atomic mass is 19.1. The molecule has 0 bridgehead atoms. The third-order valence-electron chi connectivity index (χ3n) is 2.95. The second-order valence-electron chi connectivity index (χ2n) is 4.66. The molecular weight excluding hydrogens is 267 g/mol. The van der Waals surface area contributed by atoms with Gasteiger partial charge in [0.25, 0.3) is 0 Å². The first-order valence-electron chi connectivity index (χ1n) is 6.88. The van der Waals surface area contributed by atoms with E-state index in [4.69, 9.17) is 10.00 Å². The third kappa shape index (κ3) is 4.22. The number of hydrogen-bond donors (Lipinski definition) is 1. The zero-order valence-corrected chi connectivity index (χ0v) is 11.9. The summed E-state index contributed by atoms with van der Waals surface area (Å²) in [6.07, 6.45) is 0.962. The van der Waals surface area contributed by atoms with Crippen molar-refractivity contribution in [1.82, 2.24) is 0 Å². The lowest BCUT2D eigenvalue weighted by Gasteiger charge is -2.10. The normalized spacial score (nSPS) is 9.95. The predicted molar refractivity (Wildman–Crippen MR) is 80.7 cm³/mol. The number of ether oxygens (including phenoxy) is 1. The van der Waals surface area contributed by atoms with Gasteiger partial charge in [0, 0.05) is 18.3 Å². The topological polar surface area (TPSA) is 45.0 Å². The van der Waals surface area contributed by atoms with Gasteiger partial charge in [-0.05, 0) is 36.2 Å². The van der Waals surface area contributed by atoms with Crippen LogP contribution < -0.4 is 10.1 Å². The van der Waals surface area contributed by atoms with E-state index in [2.05, 4.69) is 12.2 Å². The molecule has 0 aliphatic heterocycles. The highest BCUT2D eigenvalue weighted by Crippen LogP contribution is 2.18. The Hall–Kier alpha value is -2.54. The maximum Gasteiger partial charge on any atom is 0.140 e. The van der Waals surface area contributed by atoms with Crippen LogP contribution in [-0.4, -0.2) is 6.61 Å². The Morgan fingerprint density at radius 3 is 2.86 bits per heavy atom. The van der Waals surface area contributed by atoms with Crippen molar-refractivity contribution < 1.29 is 9.13 Å². The van der Waals surface area contributed by atoms with E-state index in [9.17, 15) is 4.39 Å². The lowest BCUT2D eigenvalue weighted by Crippen LogP contribution is -2.01. The first-order chi connectivity index (χ1) is 10.2. The van der Waals surface area contributed by atoms with Crippen LogP contribution in [0.1, 0.15) is 24.5 Å². The number of nitriles is 1. The molecule has 0 aliphatic carbocycles. The second kappa shape index (κ2) is 7.30. The van der Waals surface area contributed by atoms with E-state index in [1.165, 1.54) is 6.07 Å². The van der Waals surface area contributed by atoms with Gasteiger partial charge in [0.1, 0.15) is 17.6 Å². The van der Waals surface area contributed by atoms with Crippen molar-refractivity contribution in [2.24, 2.45) is 0 Å². The highest BCUT2D eigenvalue weighted by molar-refractivity contribution is 5.49. The molecule has 0 spiro atoms. The summed E-state index contributed by atoms with van der Waals surface area (Å²) in [5, 5.41) is 12.1. The Balaban J connectivity index is 2.01. The molecule has 1 N–H and O–H groups in total. The lowest BCUT2D eigenvalue weighted by molar-refractivity contribution is 0.317. The molecule has 0 amide bonds. The monoisotopic (exact) mass is 284 g/mol. The Kier molecular flexibility index (Phi) is 5.16. The molecule has 108 valence electrons. The molecule has 0 aliphatic rings. The van der Waals surface area contributed by atoms with Crippen molar-refractivity contribution in [2.45, 2.75) is 19.9 Å². The summed E-state index contributed by atoms with van der Waals surface area (Å²) in [5.41, 5.74) is 1.84. The number of nitrogens with one attached hydrogen (secondary N) is 1. The molecule has 2 aromatic carbocycles. The highest BCUT2D eigenvalue weighted by Gasteiger charge is 2.03. The first kappa shape index (κ1) is 14.9. The van der Waals surface area contributed by atoms with Gasteiger partial charge in [-0.1, -0.05) is 19.1 Å². The lowest BCUT2D eigenvalue weighted by atomic mass is 10.1. The third-order valence-corrected chi connectivity index (χ3v) is 2.95. The predicted octanol–water partition coefficient (Wildman–Crippen LogP) is 4.10. The van der Waals surface area contributed by atoms with Crippen molar-refractivity contribution >= 4 is 5.69 Å². The average Bonchev–Trinajstić information content (AvgIpc) is 2.52. The van der Waals surface area contributed by atoms with Crippen LogP contribution in [0.3, 0.4) is 0 Å². The fraction of sp³-hybridized carbons (Fsp3) is 0.235. The zero-order valence-electron chi connectivity index (χ0n) is 11.9. The Bertz CT molecular complexity index is 649. The van der Waals surface area contributed by atoms with Crippen molar-refractivity contribution in [2.75, 3.05) is 11.9 Å². The van der Waals surface area contributed by atoms with E-state index in [1.807, 2.05) is 30.3 Å². The molecule has 4 heteroatoms. The summed E-state index contributed by atoms with van der Waals surface area (Å²) in [6.45, 7) is 3.27. The minimum absolute atomic E-state index is 0.0642. The fourth-order valence-electron chi connectivity index (χ4n) is 1.89. The molecule has 3 nitrogen and oxygen atoms in total. The molecule has 0 saturated carbocycles. The molecule has 0 radical (unpaired) electrons. The number of anilines is 1. The average molecular weight is 284 g/mol. The summed E-state index contributed by atoms with van der Waals surface area (Å²) in [5.74, 6) is 0.329. The van der Waals surface area contributed by atoms with Gasteiger partial charge in [-0.2, -0.15) is 5.26 Å². The maximum atomic E-state index is 13.2. The smallest absolute Gasteiger partial charge is 0.140 e. The van der Waals surface area contributed by atoms with E-state index in [-0.39, 0.29) is 5.56 Å². The zero-order chi connectivity index (χ0) is 15.1. The van der Waals surface area contributed by atoms with Crippen LogP contribution in [-0.2, 0) is 6.54 Å². The van der Waals surface area contributed by atoms with Gasteiger partial charge in [-0.25, -0.2) is 4.39 Å². The molecule has 0 aromatic heterocycles. The van der Waals surface area contributed by atoms with Gasteiger partial charge >= 0.3 is 0 Å². The SMILES string of the molecule is CCCOc1cccc(NCc2ccc(F)c(C#N)c2)c1. The van der Waals surface area contributed by atoms with Gasteiger partial charge in [-0.15, -0.1) is 0 Å². The molecule has 2 aromatic rings. The van der Waals surface area contributed by atoms with Crippen molar-refractivity contribution in [1.29, 1.82) is 5.26 Å². The molecule has 0 fully saturated rings. The summed E-state index contributed by atoms with van der Waals surface area (Å²) >= 11 is 0. The molecule has 0 unspecified atom stereocenters. The molecule has 2 rings (SSSR count). The molecule has 0 saturated heterocycles. The van der Waals surface area contributed by atoms with Crippen LogP contribution in [0, 0.1) is 17.1 Å². The minimum Gasteiger partial charge on any atom is -0.494 e. The number of nitrogens with zero attached hydrogens (tertiary/aromatic N) is 1. The van der Waals surface area contributed by atoms with Crippen LogP contribution in [0.4, 0.5) is 10.1 Å². The summed E-state index contributed by atoms with van der Waals surface area (Å²) in [7, 11) is 0. The number of benzene rings is 2. The van der Waals surface area contributed by atoms with Crippen molar-refractivity contribution in [3.63, 3.8) is 0 Å². The first-order valence-corrected chi connectivity index (χ1v) is 6.88. The van der Waals surface area contributed by atoms with Gasteiger partial charge in [0.05, 0.1) is 12.2 Å². The van der Waals surface area contributed by atoms with E-state index >= 15 is 0 Å². The molecular formula is C17H17FN2O. The minimum atomic E-state index is -0.490. The van der Waals surface area contributed by atoms with Gasteiger partial charge in [0.2, 0.25) is 0 Å². The quantitative estimate of drug-likeness (QED) is 0.868. The van der Waals surface area contributed by atoms with Crippen LogP contribution in [0.5, 0.6) is 5.75 Å². The van der Waals surface area contributed by atoms with Crippen LogP contribution in [0.15, 0.2) is 42.5 Å². The number of rotatable bonds is 6. The summed E-state index contributed by atoms with van der Waals surface area (Å²) in [6, 6.07) is 14.1. The molecule has 21 heavy (non-hydrogen) atoms. The molecule has 0 atom stereocenters. The van der Waals surface area contributed by atoms with Gasteiger partial charge in [0.15, 0.2) is 0 Å². The maximum absolute atomic E-state index is 13.2. The van der Waals surface area contributed by atoms with E-state index in [0.29, 0.717) is 13.2 Å². The van der Waals surface area contributed by atoms with Crippen LogP contribution in [0.2, 0.25) is 0 Å². The summed E-state index contributed by atoms with van der Waals surface area (Å²) < 4.78 is 18.8. The van der Waals surface area contributed by atoms with Crippen molar-refractivity contribution in [3.05, 3.63) is 59.4 Å². The van der Waals surface area contributed by atoms with Gasteiger partial charge < -0.3 is 10.1 Å². The fourth-order valence-corrected chi connectivity index (χ4v) is 1.89. The van der Waals surface area contributed by atoms with E-state index in [1.54, 1.807) is 12.1 Å². The summed E-state index contributed by atoms with van der Waals surface area (Å²) in [4.78, 5) is 0. The Morgan fingerprint density at radius 1 is 1.24 bits per heavy atom. The Morgan fingerprint density at radius 2 is 2.10 bits per heavy atom. The standard InChI is InChI=1S/C17H17FN2O/c1-2-8-21-16-5-3-4-15(10-16)20-12-13-6-7-17(18)14(9-13)11-19/h3-7,9-10,20H,2,8,12H2,1H3. The van der Waals surface area contributed by atoms with E-state index in [0.717, 1.165) is 23.4 Å². The molecule has 0 heterocycles. The largest absolute Gasteiger partial charge is 0.494 e. The second-order valence-corrected chi connectivity index (χ2v) is 4.66. The van der Waals surface area contributed by atoms with Crippen molar-refractivity contribution in [3.8, 4) is 11.8 Å².